The summed E-state index contributed by atoms with van der Waals surface area (Å²) in [6.07, 6.45) is 1.42. The first-order valence-electron chi connectivity index (χ1n) is 6.83. The molecule has 7 heteroatoms. The molecule has 0 bridgehead atoms. The Hall–Kier alpha value is -2.15. The second-order valence-electron chi connectivity index (χ2n) is 5.00. The van der Waals surface area contributed by atoms with Crippen molar-refractivity contribution in [1.29, 1.82) is 0 Å². The summed E-state index contributed by atoms with van der Waals surface area (Å²) >= 11 is 0. The summed E-state index contributed by atoms with van der Waals surface area (Å²) in [4.78, 5) is 20.6. The molecule has 2 heterocycles. The van der Waals surface area contributed by atoms with E-state index >= 15 is 0 Å². The van der Waals surface area contributed by atoms with E-state index in [-0.39, 0.29) is 11.9 Å². The topological polar surface area (TPSA) is 95.1 Å². The summed E-state index contributed by atoms with van der Waals surface area (Å²) in [5, 5.41) is 3.65. The van der Waals surface area contributed by atoms with Crippen molar-refractivity contribution in [1.82, 2.24) is 19.9 Å². The fourth-order valence-electron chi connectivity index (χ4n) is 2.47. The number of hydrogen-bond donors (Lipinski definition) is 2. The van der Waals surface area contributed by atoms with Gasteiger partial charge in [-0.1, -0.05) is 0 Å². The number of carbonyl (C=O) groups excluding carboxylic acids is 1. The molecule has 114 valence electrons. The zero-order valence-corrected chi connectivity index (χ0v) is 12.8. The van der Waals surface area contributed by atoms with Gasteiger partial charge in [0.25, 0.3) is 0 Å². The average molecular weight is 291 g/mol. The van der Waals surface area contributed by atoms with Gasteiger partial charge in [0, 0.05) is 19.3 Å². The van der Waals surface area contributed by atoms with E-state index < -0.39 is 0 Å². The lowest BCUT2D eigenvalue weighted by Gasteiger charge is -2.16. The molecule has 0 saturated heterocycles. The fourth-order valence-corrected chi connectivity index (χ4v) is 2.47. The van der Waals surface area contributed by atoms with Crippen LogP contribution < -0.4 is 11.1 Å². The molecule has 7 nitrogen and oxygen atoms in total. The summed E-state index contributed by atoms with van der Waals surface area (Å²) in [6, 6.07) is -0.382. The number of hydrogen-bond acceptors (Lipinski definition) is 5. The van der Waals surface area contributed by atoms with Crippen LogP contribution in [0, 0.1) is 13.8 Å². The molecule has 0 aliphatic rings. The van der Waals surface area contributed by atoms with E-state index in [1.807, 2.05) is 25.3 Å². The maximum Gasteiger partial charge on any atom is 0.242 e. The van der Waals surface area contributed by atoms with Crippen LogP contribution in [0.4, 0.5) is 5.82 Å². The Balaban J connectivity index is 2.40. The maximum atomic E-state index is 12.2. The van der Waals surface area contributed by atoms with Gasteiger partial charge >= 0.3 is 0 Å². The molecule has 0 aliphatic heterocycles. The Kier molecular flexibility index (Phi) is 4.42. The molecule has 1 amide bonds. The summed E-state index contributed by atoms with van der Waals surface area (Å²) < 4.78 is 6.83. The Morgan fingerprint density at radius 1 is 1.48 bits per heavy atom. The van der Waals surface area contributed by atoms with Crippen LogP contribution in [0.1, 0.15) is 24.2 Å². The number of amides is 1. The zero-order chi connectivity index (χ0) is 15.6. The van der Waals surface area contributed by atoms with Crippen LogP contribution in [0.2, 0.25) is 0 Å². The van der Waals surface area contributed by atoms with Crippen molar-refractivity contribution in [3.8, 4) is 0 Å². The van der Waals surface area contributed by atoms with Gasteiger partial charge in [-0.2, -0.15) is 0 Å². The minimum absolute atomic E-state index is 0.0794. The van der Waals surface area contributed by atoms with E-state index in [0.29, 0.717) is 24.6 Å². The van der Waals surface area contributed by atoms with Gasteiger partial charge < -0.3 is 20.4 Å². The lowest BCUT2D eigenvalue weighted by molar-refractivity contribution is -0.124. The number of anilines is 1. The number of nitrogens with two attached hydrogens (primary N) is 1. The highest BCUT2D eigenvalue weighted by Crippen LogP contribution is 2.29. The molecule has 2 aromatic rings. The monoisotopic (exact) mass is 291 g/mol. The summed E-state index contributed by atoms with van der Waals surface area (Å²) in [5.74, 6) is 0.357. The first kappa shape index (κ1) is 15.2. The number of rotatable bonds is 5. The maximum absolute atomic E-state index is 12.2. The molecule has 2 aromatic heterocycles. The number of methoxy groups -OCH3 is 1. The molecule has 0 saturated carbocycles. The minimum atomic E-state index is -0.382. The van der Waals surface area contributed by atoms with Gasteiger partial charge in [0.15, 0.2) is 0 Å². The third-order valence-electron chi connectivity index (χ3n) is 3.74. The number of fused-ring (bicyclic) bond motifs is 1. The molecule has 2 rings (SSSR count). The van der Waals surface area contributed by atoms with Crippen LogP contribution in [0.3, 0.4) is 0 Å². The second kappa shape index (κ2) is 6.09. The molecule has 0 spiro atoms. The number of nitrogen functional groups attached to an aromatic ring is 1. The summed E-state index contributed by atoms with van der Waals surface area (Å²) in [7, 11) is 1.60. The largest absolute Gasteiger partial charge is 0.383 e. The van der Waals surface area contributed by atoms with E-state index in [9.17, 15) is 4.79 Å². The molecule has 1 unspecified atom stereocenters. The van der Waals surface area contributed by atoms with Crippen LogP contribution in [-0.2, 0) is 9.53 Å². The molecule has 3 N–H and O–H groups in total. The summed E-state index contributed by atoms with van der Waals surface area (Å²) in [5.41, 5.74) is 8.58. The van der Waals surface area contributed by atoms with Gasteiger partial charge in [-0.25, -0.2) is 9.97 Å². The molecular formula is C14H21N5O2. The number of aryl methyl sites for hydroxylation is 1. The molecule has 0 fully saturated rings. The summed E-state index contributed by atoms with van der Waals surface area (Å²) in [6.45, 7) is 6.72. The molecule has 0 radical (unpaired) electrons. The van der Waals surface area contributed by atoms with E-state index in [4.69, 9.17) is 10.5 Å². The average Bonchev–Trinajstić information content (AvgIpc) is 2.71. The van der Waals surface area contributed by atoms with Crippen molar-refractivity contribution in [3.05, 3.63) is 17.6 Å². The Labute approximate surface area is 123 Å². The third kappa shape index (κ3) is 2.69. The smallest absolute Gasteiger partial charge is 0.242 e. The Bertz CT molecular complexity index is 665. The van der Waals surface area contributed by atoms with Crippen LogP contribution in [-0.4, -0.2) is 40.7 Å². The van der Waals surface area contributed by atoms with Gasteiger partial charge in [0.1, 0.15) is 23.8 Å². The van der Waals surface area contributed by atoms with Crippen LogP contribution in [0.5, 0.6) is 0 Å². The molecule has 1 atom stereocenters. The molecule has 0 aliphatic carbocycles. The number of ether oxygens (including phenoxy) is 1. The van der Waals surface area contributed by atoms with Crippen molar-refractivity contribution in [3.63, 3.8) is 0 Å². The third-order valence-corrected chi connectivity index (χ3v) is 3.74. The van der Waals surface area contributed by atoms with E-state index in [2.05, 4.69) is 15.3 Å². The molecular weight excluding hydrogens is 270 g/mol. The number of nitrogens with one attached hydrogen (secondary N) is 1. The lowest BCUT2D eigenvalue weighted by Crippen LogP contribution is -2.33. The van der Waals surface area contributed by atoms with Gasteiger partial charge in [-0.15, -0.1) is 0 Å². The number of aromatic nitrogens is 3. The van der Waals surface area contributed by atoms with Crippen LogP contribution in [0.25, 0.3) is 11.0 Å². The van der Waals surface area contributed by atoms with Crippen LogP contribution in [0.15, 0.2) is 6.33 Å². The Morgan fingerprint density at radius 2 is 2.19 bits per heavy atom. The predicted molar refractivity (Wildman–Crippen MR) is 81.0 cm³/mol. The fraction of sp³-hybridized carbons (Fsp3) is 0.500. The number of nitrogens with zero attached hydrogens (tertiary/aromatic N) is 3. The second-order valence-corrected chi connectivity index (χ2v) is 5.00. The highest BCUT2D eigenvalue weighted by Gasteiger charge is 2.22. The molecule has 21 heavy (non-hydrogen) atoms. The minimum Gasteiger partial charge on any atom is -0.383 e. The van der Waals surface area contributed by atoms with Crippen molar-refractivity contribution in [2.24, 2.45) is 0 Å². The molecule has 0 aromatic carbocycles. The standard InChI is InChI=1S/C14H21N5O2/c1-8-9(2)19(10(3)14(20)16-5-6-21-4)13-11(8)12(15)17-7-18-13/h7,10H,5-6H2,1-4H3,(H,16,20)(H2,15,17,18). The lowest BCUT2D eigenvalue weighted by atomic mass is 10.2. The quantitative estimate of drug-likeness (QED) is 0.800. The normalized spacial score (nSPS) is 12.6. The van der Waals surface area contributed by atoms with Gasteiger partial charge in [-0.05, 0) is 26.3 Å². The van der Waals surface area contributed by atoms with Gasteiger partial charge in [0.05, 0.1) is 12.0 Å². The highest BCUT2D eigenvalue weighted by atomic mass is 16.5. The van der Waals surface area contributed by atoms with Gasteiger partial charge in [0.2, 0.25) is 5.91 Å². The van der Waals surface area contributed by atoms with Crippen molar-refractivity contribution < 1.29 is 9.53 Å². The van der Waals surface area contributed by atoms with Crippen molar-refractivity contribution in [2.75, 3.05) is 26.0 Å². The zero-order valence-electron chi connectivity index (χ0n) is 12.8. The van der Waals surface area contributed by atoms with E-state index in [1.54, 1.807) is 7.11 Å². The van der Waals surface area contributed by atoms with Gasteiger partial charge in [-0.3, -0.25) is 4.79 Å². The first-order valence-corrected chi connectivity index (χ1v) is 6.83. The van der Waals surface area contributed by atoms with E-state index in [0.717, 1.165) is 16.6 Å². The SMILES string of the molecule is COCCNC(=O)C(C)n1c(C)c(C)c2c(N)ncnc21. The van der Waals surface area contributed by atoms with E-state index in [1.165, 1.54) is 6.33 Å². The predicted octanol–water partition coefficient (Wildman–Crippen LogP) is 0.954. The highest BCUT2D eigenvalue weighted by molar-refractivity contribution is 5.92. The van der Waals surface area contributed by atoms with Crippen LogP contribution >= 0.6 is 0 Å². The Morgan fingerprint density at radius 3 is 2.86 bits per heavy atom. The number of carbonyl (C=O) groups is 1. The van der Waals surface area contributed by atoms with Crippen molar-refractivity contribution >= 4 is 22.8 Å². The first-order chi connectivity index (χ1) is 9.99. The van der Waals surface area contributed by atoms with Crippen molar-refractivity contribution in [2.45, 2.75) is 26.8 Å².